The van der Waals surface area contributed by atoms with Crippen LogP contribution in [-0.2, 0) is 11.3 Å². The number of hydrogen-bond acceptors (Lipinski definition) is 4. The number of halogens is 1. The second kappa shape index (κ2) is 9.11. The monoisotopic (exact) mass is 401 g/mol. The van der Waals surface area contributed by atoms with E-state index >= 15 is 0 Å². The molecule has 2 aromatic rings. The lowest BCUT2D eigenvalue weighted by Gasteiger charge is -2.12. The highest BCUT2D eigenvalue weighted by atomic mass is 35.5. The SMILES string of the molecule is Cc1ccc(C)c(C(=O)CCC(=O)NCc2cc(Cl)c3c(c2)OCCCO3)c1. The average Bonchev–Trinajstić information content (AvgIpc) is 2.92. The molecule has 3 rings (SSSR count). The molecule has 0 atom stereocenters. The van der Waals surface area contributed by atoms with Gasteiger partial charge in [0.1, 0.15) is 0 Å². The van der Waals surface area contributed by atoms with Crippen molar-refractivity contribution in [3.63, 3.8) is 0 Å². The highest BCUT2D eigenvalue weighted by Gasteiger charge is 2.16. The standard InChI is InChI=1S/C22H24ClNO4/c1-14-4-5-15(2)17(10-14)19(25)6-7-21(26)24-13-16-11-18(23)22-20(12-16)27-8-3-9-28-22/h4-5,10-12H,3,6-9,13H2,1-2H3,(H,24,26). The highest BCUT2D eigenvalue weighted by molar-refractivity contribution is 6.32. The molecule has 0 saturated carbocycles. The van der Waals surface area contributed by atoms with Gasteiger partial charge in [-0.15, -0.1) is 0 Å². The second-order valence-electron chi connectivity index (χ2n) is 6.97. The lowest BCUT2D eigenvalue weighted by Crippen LogP contribution is -2.23. The summed E-state index contributed by atoms with van der Waals surface area (Å²) in [5.74, 6) is 0.949. The van der Waals surface area contributed by atoms with E-state index in [2.05, 4.69) is 5.32 Å². The molecule has 6 heteroatoms. The van der Waals surface area contributed by atoms with Crippen LogP contribution in [0, 0.1) is 13.8 Å². The van der Waals surface area contributed by atoms with Crippen molar-refractivity contribution in [2.75, 3.05) is 13.2 Å². The van der Waals surface area contributed by atoms with Gasteiger partial charge in [0.2, 0.25) is 5.91 Å². The number of carbonyl (C=O) groups is 2. The van der Waals surface area contributed by atoms with Crippen LogP contribution in [0.25, 0.3) is 0 Å². The van der Waals surface area contributed by atoms with Crippen molar-refractivity contribution in [1.82, 2.24) is 5.32 Å². The normalized spacial score (nSPS) is 13.0. The third-order valence-corrected chi connectivity index (χ3v) is 4.90. The average molecular weight is 402 g/mol. The molecule has 0 bridgehead atoms. The number of amides is 1. The van der Waals surface area contributed by atoms with Gasteiger partial charge in [-0.05, 0) is 43.2 Å². The van der Waals surface area contributed by atoms with Crippen molar-refractivity contribution in [3.05, 3.63) is 57.6 Å². The molecular weight excluding hydrogens is 378 g/mol. The van der Waals surface area contributed by atoms with E-state index in [4.69, 9.17) is 21.1 Å². The summed E-state index contributed by atoms with van der Waals surface area (Å²) in [5.41, 5.74) is 3.47. The van der Waals surface area contributed by atoms with Crippen molar-refractivity contribution in [1.29, 1.82) is 0 Å². The number of aryl methyl sites for hydroxylation is 2. The molecule has 1 heterocycles. The molecule has 0 radical (unpaired) electrons. The van der Waals surface area contributed by atoms with Gasteiger partial charge in [0, 0.05) is 31.4 Å². The van der Waals surface area contributed by atoms with Gasteiger partial charge in [-0.3, -0.25) is 9.59 Å². The van der Waals surface area contributed by atoms with Crippen molar-refractivity contribution in [2.24, 2.45) is 0 Å². The van der Waals surface area contributed by atoms with Gasteiger partial charge >= 0.3 is 0 Å². The number of benzene rings is 2. The van der Waals surface area contributed by atoms with E-state index in [9.17, 15) is 9.59 Å². The minimum Gasteiger partial charge on any atom is -0.489 e. The number of rotatable bonds is 6. The molecule has 1 N–H and O–H groups in total. The van der Waals surface area contributed by atoms with Gasteiger partial charge in [0.15, 0.2) is 17.3 Å². The van der Waals surface area contributed by atoms with Crippen LogP contribution < -0.4 is 14.8 Å². The second-order valence-corrected chi connectivity index (χ2v) is 7.38. The largest absolute Gasteiger partial charge is 0.489 e. The van der Waals surface area contributed by atoms with Gasteiger partial charge in [0.05, 0.1) is 18.2 Å². The summed E-state index contributed by atoms with van der Waals surface area (Å²) in [7, 11) is 0. The number of ether oxygens (including phenoxy) is 2. The van der Waals surface area contributed by atoms with Crippen molar-refractivity contribution in [2.45, 2.75) is 39.7 Å². The third-order valence-electron chi connectivity index (χ3n) is 4.62. The molecule has 148 valence electrons. The van der Waals surface area contributed by atoms with Gasteiger partial charge in [0.25, 0.3) is 0 Å². The fraction of sp³-hybridized carbons (Fsp3) is 0.364. The van der Waals surface area contributed by atoms with Crippen molar-refractivity contribution >= 4 is 23.3 Å². The molecule has 1 aliphatic heterocycles. The number of Topliss-reactive ketones (excluding diaryl/α,β-unsaturated/α-hetero) is 1. The Hall–Kier alpha value is -2.53. The first kappa shape index (κ1) is 20.2. The minimum absolute atomic E-state index is 0.0185. The molecule has 1 aliphatic rings. The topological polar surface area (TPSA) is 64.6 Å². The number of hydrogen-bond donors (Lipinski definition) is 1. The van der Waals surface area contributed by atoms with Crippen molar-refractivity contribution < 1.29 is 19.1 Å². The molecule has 5 nitrogen and oxygen atoms in total. The minimum atomic E-state index is -0.179. The Labute approximate surface area is 170 Å². The van der Waals surface area contributed by atoms with Gasteiger partial charge in [-0.25, -0.2) is 0 Å². The lowest BCUT2D eigenvalue weighted by atomic mass is 9.99. The maximum Gasteiger partial charge on any atom is 0.220 e. The summed E-state index contributed by atoms with van der Waals surface area (Å²) in [6.45, 7) is 5.30. The first-order valence-corrected chi connectivity index (χ1v) is 9.77. The molecule has 1 amide bonds. The van der Waals surface area contributed by atoms with E-state index in [0.29, 0.717) is 41.8 Å². The van der Waals surface area contributed by atoms with Crippen LogP contribution >= 0.6 is 11.6 Å². The van der Waals surface area contributed by atoms with E-state index in [1.807, 2.05) is 38.1 Å². The van der Waals surface area contributed by atoms with E-state index in [1.165, 1.54) is 0 Å². The Morgan fingerprint density at radius 3 is 2.68 bits per heavy atom. The zero-order valence-electron chi connectivity index (χ0n) is 16.1. The van der Waals surface area contributed by atoms with Crippen molar-refractivity contribution in [3.8, 4) is 11.5 Å². The summed E-state index contributed by atoms with van der Waals surface area (Å²) in [6.07, 6.45) is 1.12. The Kier molecular flexibility index (Phi) is 6.57. The van der Waals surface area contributed by atoms with Crippen LogP contribution in [0.15, 0.2) is 30.3 Å². The van der Waals surface area contributed by atoms with Crippen LogP contribution in [-0.4, -0.2) is 24.9 Å². The van der Waals surface area contributed by atoms with E-state index in [1.54, 1.807) is 6.07 Å². The molecule has 0 fully saturated rings. The number of fused-ring (bicyclic) bond motifs is 1. The van der Waals surface area contributed by atoms with Crippen LogP contribution in [0.2, 0.25) is 5.02 Å². The summed E-state index contributed by atoms with van der Waals surface area (Å²) in [6, 6.07) is 9.36. The van der Waals surface area contributed by atoms with Gasteiger partial charge < -0.3 is 14.8 Å². The maximum absolute atomic E-state index is 12.4. The number of ketones is 1. The van der Waals surface area contributed by atoms with E-state index in [-0.39, 0.29) is 24.5 Å². The predicted molar refractivity (Wildman–Crippen MR) is 108 cm³/mol. The molecular formula is C22H24ClNO4. The Balaban J connectivity index is 1.54. The molecule has 0 spiro atoms. The maximum atomic E-state index is 12.4. The van der Waals surface area contributed by atoms with E-state index in [0.717, 1.165) is 23.1 Å². The predicted octanol–water partition coefficient (Wildman–Crippen LogP) is 4.40. The summed E-state index contributed by atoms with van der Waals surface area (Å²) in [5, 5.41) is 3.30. The fourth-order valence-electron chi connectivity index (χ4n) is 3.07. The number of nitrogens with one attached hydrogen (secondary N) is 1. The van der Waals surface area contributed by atoms with Gasteiger partial charge in [-0.2, -0.15) is 0 Å². The third kappa shape index (κ3) is 5.04. The molecule has 2 aromatic carbocycles. The molecule has 28 heavy (non-hydrogen) atoms. The van der Waals surface area contributed by atoms with E-state index < -0.39 is 0 Å². The lowest BCUT2D eigenvalue weighted by molar-refractivity contribution is -0.121. The Morgan fingerprint density at radius 2 is 1.86 bits per heavy atom. The van der Waals surface area contributed by atoms with Crippen LogP contribution in [0.4, 0.5) is 0 Å². The van der Waals surface area contributed by atoms with Crippen LogP contribution in [0.5, 0.6) is 11.5 Å². The summed E-state index contributed by atoms with van der Waals surface area (Å²) >= 11 is 6.27. The Bertz CT molecular complexity index is 894. The Morgan fingerprint density at radius 1 is 1.07 bits per heavy atom. The van der Waals surface area contributed by atoms with Gasteiger partial charge in [-0.1, -0.05) is 29.3 Å². The fourth-order valence-corrected chi connectivity index (χ4v) is 3.36. The molecule has 0 unspecified atom stereocenters. The zero-order valence-corrected chi connectivity index (χ0v) is 16.9. The molecule has 0 aromatic heterocycles. The smallest absolute Gasteiger partial charge is 0.220 e. The summed E-state index contributed by atoms with van der Waals surface area (Å²) in [4.78, 5) is 24.6. The summed E-state index contributed by atoms with van der Waals surface area (Å²) < 4.78 is 11.3. The molecule has 0 saturated heterocycles. The quantitative estimate of drug-likeness (QED) is 0.729. The first-order valence-electron chi connectivity index (χ1n) is 9.39. The highest BCUT2D eigenvalue weighted by Crippen LogP contribution is 2.37. The molecule has 0 aliphatic carbocycles. The number of carbonyl (C=O) groups excluding carboxylic acids is 2. The van der Waals surface area contributed by atoms with Crippen LogP contribution in [0.1, 0.15) is 46.3 Å². The first-order chi connectivity index (χ1) is 13.4. The zero-order chi connectivity index (χ0) is 20.1. The van der Waals surface area contributed by atoms with Crippen LogP contribution in [0.3, 0.4) is 0 Å².